The molecule has 0 saturated carbocycles. The van der Waals surface area contributed by atoms with Gasteiger partial charge < -0.3 is 9.80 Å². The first-order valence-corrected chi connectivity index (χ1v) is 10.5. The molecular formula is C22H18Cl2N6O. The molecule has 7 nitrogen and oxygen atoms in total. The summed E-state index contributed by atoms with van der Waals surface area (Å²) in [6, 6.07) is 7.57. The third-order valence-corrected chi connectivity index (χ3v) is 6.11. The van der Waals surface area contributed by atoms with Crippen molar-refractivity contribution in [3.63, 3.8) is 0 Å². The van der Waals surface area contributed by atoms with Crippen LogP contribution in [-0.2, 0) is 4.79 Å². The number of anilines is 1. The van der Waals surface area contributed by atoms with Gasteiger partial charge in [0.1, 0.15) is 12.1 Å². The molecule has 0 bridgehead atoms. The lowest BCUT2D eigenvalue weighted by molar-refractivity contribution is -0.126. The molecule has 1 saturated heterocycles. The monoisotopic (exact) mass is 452 g/mol. The molecule has 1 aliphatic heterocycles. The lowest BCUT2D eigenvalue weighted by atomic mass is 10.00. The number of carbonyl (C=O) groups excluding carboxylic acids is 1. The highest BCUT2D eigenvalue weighted by molar-refractivity contribution is 6.35. The molecule has 0 radical (unpaired) electrons. The summed E-state index contributed by atoms with van der Waals surface area (Å²) in [6.07, 6.45) is 4.67. The van der Waals surface area contributed by atoms with Gasteiger partial charge >= 0.3 is 0 Å². The topological polar surface area (TPSA) is 78.0 Å². The number of nitrogens with zero attached hydrogens (tertiary/aromatic N) is 5. The van der Waals surface area contributed by atoms with Crippen molar-refractivity contribution in [2.45, 2.75) is 0 Å². The van der Waals surface area contributed by atoms with Crippen LogP contribution in [0.2, 0.25) is 10.0 Å². The second kappa shape index (κ2) is 7.83. The Morgan fingerprint density at radius 1 is 1.03 bits per heavy atom. The van der Waals surface area contributed by atoms with Crippen molar-refractivity contribution < 1.29 is 4.79 Å². The van der Waals surface area contributed by atoms with Gasteiger partial charge in [0.15, 0.2) is 0 Å². The van der Waals surface area contributed by atoms with Gasteiger partial charge in [-0.3, -0.25) is 9.89 Å². The minimum absolute atomic E-state index is 0.0491. The molecule has 0 aliphatic carbocycles. The van der Waals surface area contributed by atoms with Crippen LogP contribution in [0.3, 0.4) is 0 Å². The molecule has 2 aromatic heterocycles. The fraction of sp³-hybridized carbons (Fsp3) is 0.182. The molecule has 1 N–H and O–H groups in total. The maximum absolute atomic E-state index is 11.9. The van der Waals surface area contributed by atoms with E-state index < -0.39 is 0 Å². The molecule has 0 spiro atoms. The van der Waals surface area contributed by atoms with Crippen LogP contribution in [0, 0.1) is 0 Å². The Morgan fingerprint density at radius 3 is 2.61 bits per heavy atom. The maximum atomic E-state index is 11.9. The van der Waals surface area contributed by atoms with E-state index >= 15 is 0 Å². The quantitative estimate of drug-likeness (QED) is 0.468. The molecule has 1 fully saturated rings. The Balaban J connectivity index is 1.56. The normalized spacial score (nSPS) is 14.4. The molecule has 3 heterocycles. The number of aromatic nitrogens is 4. The number of nitrogens with one attached hydrogen (secondary N) is 1. The Hall–Kier alpha value is -3.16. The second-order valence-corrected chi connectivity index (χ2v) is 8.19. The van der Waals surface area contributed by atoms with Crippen LogP contribution in [0.4, 0.5) is 5.82 Å². The molecule has 4 aromatic rings. The van der Waals surface area contributed by atoms with E-state index in [0.29, 0.717) is 36.2 Å². The zero-order valence-electron chi connectivity index (χ0n) is 16.5. The summed E-state index contributed by atoms with van der Waals surface area (Å²) >= 11 is 13.1. The van der Waals surface area contributed by atoms with Crippen LogP contribution in [0.5, 0.6) is 0 Å². The summed E-state index contributed by atoms with van der Waals surface area (Å²) in [6.45, 7) is 6.14. The number of amides is 1. The molecular weight excluding hydrogens is 435 g/mol. The van der Waals surface area contributed by atoms with E-state index in [4.69, 9.17) is 23.2 Å². The predicted molar refractivity (Wildman–Crippen MR) is 124 cm³/mol. The van der Waals surface area contributed by atoms with E-state index in [-0.39, 0.29) is 5.91 Å². The van der Waals surface area contributed by atoms with Gasteiger partial charge in [0.2, 0.25) is 5.91 Å². The number of H-pyrrole nitrogens is 1. The van der Waals surface area contributed by atoms with Gasteiger partial charge in [-0.1, -0.05) is 29.8 Å². The molecule has 2 aromatic carbocycles. The number of aromatic amines is 1. The number of hydrogen-bond donors (Lipinski definition) is 1. The van der Waals surface area contributed by atoms with Crippen LogP contribution < -0.4 is 4.90 Å². The maximum Gasteiger partial charge on any atom is 0.246 e. The van der Waals surface area contributed by atoms with Crippen molar-refractivity contribution in [1.29, 1.82) is 0 Å². The number of benzene rings is 2. The molecule has 0 atom stereocenters. The molecule has 156 valence electrons. The SMILES string of the molecule is C=CC(=O)N1CCN(c2ncnc3cc(-c4cc(Cl)cc5[nH]ncc45)c(Cl)cc23)CC1. The summed E-state index contributed by atoms with van der Waals surface area (Å²) in [5.74, 6) is 0.760. The van der Waals surface area contributed by atoms with E-state index in [9.17, 15) is 4.79 Å². The first kappa shape index (κ1) is 19.8. The molecule has 0 unspecified atom stereocenters. The number of piperazine rings is 1. The van der Waals surface area contributed by atoms with Gasteiger partial charge in [-0.05, 0) is 35.9 Å². The van der Waals surface area contributed by atoms with Crippen LogP contribution >= 0.6 is 23.2 Å². The fourth-order valence-corrected chi connectivity index (χ4v) is 4.51. The van der Waals surface area contributed by atoms with Crippen LogP contribution in [-0.4, -0.2) is 57.2 Å². The van der Waals surface area contributed by atoms with E-state index in [1.54, 1.807) is 17.4 Å². The van der Waals surface area contributed by atoms with Gasteiger partial charge in [-0.15, -0.1) is 0 Å². The van der Waals surface area contributed by atoms with Gasteiger partial charge in [-0.25, -0.2) is 9.97 Å². The molecule has 1 amide bonds. The Kier molecular flexibility index (Phi) is 5.00. The fourth-order valence-electron chi connectivity index (χ4n) is 4.03. The standard InChI is InChI=1S/C22H18Cl2N6O/c1-2-21(31)29-3-5-30(6-4-29)22-16-9-18(24)15(10-19(16)25-12-26-22)14-7-13(23)8-20-17(14)11-27-28-20/h2,7-12H,1,3-6H2,(H,27,28). The van der Waals surface area contributed by atoms with Gasteiger partial charge in [0.25, 0.3) is 0 Å². The number of fused-ring (bicyclic) bond motifs is 2. The highest BCUT2D eigenvalue weighted by Gasteiger charge is 2.22. The molecule has 31 heavy (non-hydrogen) atoms. The van der Waals surface area contributed by atoms with E-state index in [2.05, 4.69) is 31.6 Å². The van der Waals surface area contributed by atoms with E-state index in [1.807, 2.05) is 24.3 Å². The minimum atomic E-state index is -0.0491. The van der Waals surface area contributed by atoms with E-state index in [1.165, 1.54) is 6.08 Å². The first-order chi connectivity index (χ1) is 15.0. The number of rotatable bonds is 3. The van der Waals surface area contributed by atoms with Crippen molar-refractivity contribution in [1.82, 2.24) is 25.1 Å². The zero-order chi connectivity index (χ0) is 21.5. The third kappa shape index (κ3) is 3.49. The Labute approximate surface area is 188 Å². The Bertz CT molecular complexity index is 1330. The number of carbonyl (C=O) groups is 1. The highest BCUT2D eigenvalue weighted by Crippen LogP contribution is 2.38. The first-order valence-electron chi connectivity index (χ1n) is 9.78. The molecule has 9 heteroatoms. The average molecular weight is 453 g/mol. The van der Waals surface area contributed by atoms with Crippen LogP contribution in [0.15, 0.2) is 49.4 Å². The highest BCUT2D eigenvalue weighted by atomic mass is 35.5. The number of halogens is 2. The van der Waals surface area contributed by atoms with Crippen molar-refractivity contribution >= 4 is 56.7 Å². The lowest BCUT2D eigenvalue weighted by Gasteiger charge is -2.35. The minimum Gasteiger partial charge on any atom is -0.352 e. The van der Waals surface area contributed by atoms with Crippen molar-refractivity contribution in [2.24, 2.45) is 0 Å². The van der Waals surface area contributed by atoms with Crippen LogP contribution in [0.1, 0.15) is 0 Å². The average Bonchev–Trinajstić information content (AvgIpc) is 3.26. The zero-order valence-corrected chi connectivity index (χ0v) is 18.0. The summed E-state index contributed by atoms with van der Waals surface area (Å²) in [5.41, 5.74) is 3.34. The largest absolute Gasteiger partial charge is 0.352 e. The van der Waals surface area contributed by atoms with Gasteiger partial charge in [0, 0.05) is 52.6 Å². The third-order valence-electron chi connectivity index (χ3n) is 5.58. The smallest absolute Gasteiger partial charge is 0.246 e. The Morgan fingerprint density at radius 2 is 1.84 bits per heavy atom. The van der Waals surface area contributed by atoms with Crippen molar-refractivity contribution in [2.75, 3.05) is 31.1 Å². The second-order valence-electron chi connectivity index (χ2n) is 7.35. The number of hydrogen-bond acceptors (Lipinski definition) is 5. The van der Waals surface area contributed by atoms with Crippen molar-refractivity contribution in [3.05, 3.63) is 59.5 Å². The van der Waals surface area contributed by atoms with E-state index in [0.717, 1.165) is 38.8 Å². The molecule has 1 aliphatic rings. The van der Waals surface area contributed by atoms with Crippen LogP contribution in [0.25, 0.3) is 32.9 Å². The summed E-state index contributed by atoms with van der Waals surface area (Å²) in [5, 5.41) is 10.1. The van der Waals surface area contributed by atoms with Crippen molar-refractivity contribution in [3.8, 4) is 11.1 Å². The summed E-state index contributed by atoms with van der Waals surface area (Å²) in [7, 11) is 0. The predicted octanol–water partition coefficient (Wildman–Crippen LogP) is 4.31. The molecule has 5 rings (SSSR count). The lowest BCUT2D eigenvalue weighted by Crippen LogP contribution is -2.48. The van der Waals surface area contributed by atoms with Gasteiger partial charge in [0.05, 0.1) is 17.2 Å². The van der Waals surface area contributed by atoms with Gasteiger partial charge in [-0.2, -0.15) is 5.10 Å². The summed E-state index contributed by atoms with van der Waals surface area (Å²) in [4.78, 5) is 24.8. The summed E-state index contributed by atoms with van der Waals surface area (Å²) < 4.78 is 0.